The van der Waals surface area contributed by atoms with Crippen LogP contribution in [0.25, 0.3) is 10.9 Å². The topological polar surface area (TPSA) is 70.4 Å². The van der Waals surface area contributed by atoms with Gasteiger partial charge in [0.15, 0.2) is 0 Å². The SMILES string of the molecule is O=C(O)c1cnc2cccc(CCc3ccccc3)c2c1O. The van der Waals surface area contributed by atoms with Gasteiger partial charge in [0.2, 0.25) is 0 Å². The monoisotopic (exact) mass is 293 g/mol. The van der Waals surface area contributed by atoms with Gasteiger partial charge < -0.3 is 10.2 Å². The molecule has 0 atom stereocenters. The Morgan fingerprint density at radius 3 is 2.50 bits per heavy atom. The summed E-state index contributed by atoms with van der Waals surface area (Å²) in [5.74, 6) is -1.38. The number of aromatic nitrogens is 1. The molecule has 0 aliphatic heterocycles. The largest absolute Gasteiger partial charge is 0.506 e. The molecule has 110 valence electrons. The van der Waals surface area contributed by atoms with Gasteiger partial charge in [-0.2, -0.15) is 0 Å². The zero-order valence-corrected chi connectivity index (χ0v) is 11.9. The van der Waals surface area contributed by atoms with E-state index in [-0.39, 0.29) is 11.3 Å². The van der Waals surface area contributed by atoms with E-state index in [1.165, 1.54) is 11.8 Å². The highest BCUT2D eigenvalue weighted by Gasteiger charge is 2.16. The molecule has 0 amide bonds. The van der Waals surface area contributed by atoms with E-state index < -0.39 is 5.97 Å². The van der Waals surface area contributed by atoms with Gasteiger partial charge in [0.1, 0.15) is 11.3 Å². The number of carboxylic acids is 1. The number of fused-ring (bicyclic) bond motifs is 1. The highest BCUT2D eigenvalue weighted by molar-refractivity contribution is 5.99. The number of hydrogen-bond donors (Lipinski definition) is 2. The fourth-order valence-electron chi connectivity index (χ4n) is 2.59. The van der Waals surface area contributed by atoms with Crippen LogP contribution in [0.5, 0.6) is 5.75 Å². The molecule has 3 aromatic rings. The molecule has 1 heterocycles. The number of carbonyl (C=O) groups is 1. The molecule has 0 unspecified atom stereocenters. The minimum absolute atomic E-state index is 0.167. The first-order valence-corrected chi connectivity index (χ1v) is 7.03. The highest BCUT2D eigenvalue weighted by atomic mass is 16.4. The molecule has 1 aromatic heterocycles. The number of pyridine rings is 1. The summed E-state index contributed by atoms with van der Waals surface area (Å²) < 4.78 is 0. The summed E-state index contributed by atoms with van der Waals surface area (Å²) in [6.07, 6.45) is 2.72. The predicted octanol–water partition coefficient (Wildman–Crippen LogP) is 3.42. The molecule has 0 radical (unpaired) electrons. The lowest BCUT2D eigenvalue weighted by atomic mass is 9.99. The maximum Gasteiger partial charge on any atom is 0.341 e. The van der Waals surface area contributed by atoms with Crippen molar-refractivity contribution in [1.29, 1.82) is 0 Å². The van der Waals surface area contributed by atoms with Crippen molar-refractivity contribution in [2.75, 3.05) is 0 Å². The summed E-state index contributed by atoms with van der Waals surface area (Å²) in [5.41, 5.74) is 2.53. The third-order valence-electron chi connectivity index (χ3n) is 3.71. The number of hydrogen-bond acceptors (Lipinski definition) is 3. The van der Waals surface area contributed by atoms with E-state index in [0.29, 0.717) is 17.3 Å². The number of aryl methyl sites for hydroxylation is 2. The summed E-state index contributed by atoms with van der Waals surface area (Å²) in [7, 11) is 0. The number of benzene rings is 2. The van der Waals surface area contributed by atoms with Crippen LogP contribution in [0, 0.1) is 0 Å². The number of nitrogens with zero attached hydrogens (tertiary/aromatic N) is 1. The van der Waals surface area contributed by atoms with E-state index in [0.717, 1.165) is 12.0 Å². The Hall–Kier alpha value is -2.88. The van der Waals surface area contributed by atoms with Crippen molar-refractivity contribution in [1.82, 2.24) is 4.98 Å². The van der Waals surface area contributed by atoms with E-state index in [1.807, 2.05) is 42.5 Å². The van der Waals surface area contributed by atoms with Crippen LogP contribution in [0.15, 0.2) is 54.7 Å². The summed E-state index contributed by atoms with van der Waals surface area (Å²) >= 11 is 0. The van der Waals surface area contributed by atoms with Crippen LogP contribution in [0.4, 0.5) is 0 Å². The van der Waals surface area contributed by atoms with Crippen molar-refractivity contribution in [2.45, 2.75) is 12.8 Å². The second kappa shape index (κ2) is 5.85. The number of aromatic carboxylic acids is 1. The third-order valence-corrected chi connectivity index (χ3v) is 3.71. The fraction of sp³-hybridized carbons (Fsp3) is 0.111. The molecule has 0 saturated heterocycles. The van der Waals surface area contributed by atoms with Crippen molar-refractivity contribution >= 4 is 16.9 Å². The fourth-order valence-corrected chi connectivity index (χ4v) is 2.59. The number of aromatic hydroxyl groups is 1. The van der Waals surface area contributed by atoms with E-state index in [2.05, 4.69) is 4.98 Å². The summed E-state index contributed by atoms with van der Waals surface area (Å²) in [6.45, 7) is 0. The van der Waals surface area contributed by atoms with Gasteiger partial charge in [0, 0.05) is 11.6 Å². The predicted molar refractivity (Wildman–Crippen MR) is 84.2 cm³/mol. The van der Waals surface area contributed by atoms with Gasteiger partial charge in [-0.05, 0) is 30.0 Å². The van der Waals surface area contributed by atoms with Crippen LogP contribution < -0.4 is 0 Å². The molecule has 4 heteroatoms. The lowest BCUT2D eigenvalue weighted by Crippen LogP contribution is -2.00. The van der Waals surface area contributed by atoms with Gasteiger partial charge >= 0.3 is 5.97 Å². The van der Waals surface area contributed by atoms with E-state index in [9.17, 15) is 9.90 Å². The average molecular weight is 293 g/mol. The number of rotatable bonds is 4. The van der Waals surface area contributed by atoms with Gasteiger partial charge in [-0.1, -0.05) is 42.5 Å². The Morgan fingerprint density at radius 1 is 1.00 bits per heavy atom. The molecular weight excluding hydrogens is 278 g/mol. The van der Waals surface area contributed by atoms with Gasteiger partial charge in [-0.15, -0.1) is 0 Å². The van der Waals surface area contributed by atoms with E-state index in [4.69, 9.17) is 5.11 Å². The first-order valence-electron chi connectivity index (χ1n) is 7.03. The average Bonchev–Trinajstić information content (AvgIpc) is 2.53. The van der Waals surface area contributed by atoms with Gasteiger partial charge in [0.25, 0.3) is 0 Å². The summed E-state index contributed by atoms with van der Waals surface area (Å²) in [6, 6.07) is 15.6. The second-order valence-corrected chi connectivity index (χ2v) is 5.12. The van der Waals surface area contributed by atoms with Crippen LogP contribution in [0.2, 0.25) is 0 Å². The molecule has 0 aliphatic carbocycles. The summed E-state index contributed by atoms with van der Waals surface area (Å²) in [5, 5.41) is 19.9. The first kappa shape index (κ1) is 14.1. The van der Waals surface area contributed by atoms with Crippen LogP contribution in [0.1, 0.15) is 21.5 Å². The molecule has 4 nitrogen and oxygen atoms in total. The zero-order chi connectivity index (χ0) is 15.5. The quantitative estimate of drug-likeness (QED) is 0.773. The maximum atomic E-state index is 11.2. The molecule has 0 spiro atoms. The van der Waals surface area contributed by atoms with Crippen molar-refractivity contribution in [3.63, 3.8) is 0 Å². The molecule has 2 N–H and O–H groups in total. The van der Waals surface area contributed by atoms with Crippen molar-refractivity contribution in [3.8, 4) is 5.75 Å². The van der Waals surface area contributed by atoms with Crippen molar-refractivity contribution < 1.29 is 15.0 Å². The minimum atomic E-state index is -1.18. The molecule has 3 rings (SSSR count). The van der Waals surface area contributed by atoms with Crippen molar-refractivity contribution in [2.24, 2.45) is 0 Å². The Bertz CT molecular complexity index is 828. The molecule has 0 saturated carbocycles. The lowest BCUT2D eigenvalue weighted by Gasteiger charge is -2.09. The maximum absolute atomic E-state index is 11.2. The molecule has 2 aromatic carbocycles. The third kappa shape index (κ3) is 2.63. The molecule has 22 heavy (non-hydrogen) atoms. The normalized spacial score (nSPS) is 10.7. The molecule has 0 bridgehead atoms. The Labute approximate surface area is 127 Å². The van der Waals surface area contributed by atoms with E-state index >= 15 is 0 Å². The Morgan fingerprint density at radius 2 is 1.77 bits per heavy atom. The second-order valence-electron chi connectivity index (χ2n) is 5.12. The lowest BCUT2D eigenvalue weighted by molar-refractivity contribution is 0.0693. The summed E-state index contributed by atoms with van der Waals surface area (Å²) in [4.78, 5) is 15.3. The van der Waals surface area contributed by atoms with Crippen LogP contribution in [-0.4, -0.2) is 21.2 Å². The van der Waals surface area contributed by atoms with Crippen LogP contribution in [-0.2, 0) is 12.8 Å². The minimum Gasteiger partial charge on any atom is -0.506 e. The van der Waals surface area contributed by atoms with Crippen LogP contribution in [0.3, 0.4) is 0 Å². The van der Waals surface area contributed by atoms with Crippen molar-refractivity contribution in [3.05, 3.63) is 71.4 Å². The zero-order valence-electron chi connectivity index (χ0n) is 11.9. The Balaban J connectivity index is 2.02. The Kier molecular flexibility index (Phi) is 3.74. The highest BCUT2D eigenvalue weighted by Crippen LogP contribution is 2.30. The molecule has 0 fully saturated rings. The van der Waals surface area contributed by atoms with Gasteiger partial charge in [-0.3, -0.25) is 4.98 Å². The van der Waals surface area contributed by atoms with E-state index in [1.54, 1.807) is 6.07 Å². The number of carboxylic acid groups (broad SMARTS) is 1. The van der Waals surface area contributed by atoms with Gasteiger partial charge in [-0.25, -0.2) is 4.79 Å². The smallest absolute Gasteiger partial charge is 0.341 e. The standard InChI is InChI=1S/C18H15NO3/c20-17-14(18(21)22)11-19-15-8-4-7-13(16(15)17)10-9-12-5-2-1-3-6-12/h1-8,11H,9-10H2,(H,19,20)(H,21,22). The first-order chi connectivity index (χ1) is 10.7. The molecule has 0 aliphatic rings. The molecular formula is C18H15NO3. The van der Waals surface area contributed by atoms with Gasteiger partial charge in [0.05, 0.1) is 5.52 Å². The van der Waals surface area contributed by atoms with Crippen LogP contribution >= 0.6 is 0 Å².